The van der Waals surface area contributed by atoms with E-state index in [1.165, 1.54) is 115 Å². The Hall–Kier alpha value is -5.72. The summed E-state index contributed by atoms with van der Waals surface area (Å²) in [4.78, 5) is 0. The maximum atomic E-state index is 2.67. The van der Waals surface area contributed by atoms with Gasteiger partial charge in [-0.15, -0.1) is 0 Å². The molecule has 0 N–H and O–H groups in total. The highest BCUT2D eigenvalue weighted by Gasteiger charge is 2.68. The molecule has 0 saturated heterocycles. The van der Waals surface area contributed by atoms with Crippen molar-refractivity contribution in [3.05, 3.63) is 213 Å². The lowest BCUT2D eigenvalue weighted by atomic mass is 9.32. The van der Waals surface area contributed by atoms with Crippen molar-refractivity contribution in [2.75, 3.05) is 0 Å². The van der Waals surface area contributed by atoms with Crippen molar-refractivity contribution < 1.29 is 0 Å². The fourth-order valence-corrected chi connectivity index (χ4v) is 15.9. The van der Waals surface area contributed by atoms with Crippen LogP contribution in [0.15, 0.2) is 158 Å². The second kappa shape index (κ2) is 16.4. The minimum Gasteiger partial charge on any atom is -0.0622 e. The first-order valence-corrected chi connectivity index (χ1v) is 24.7. The number of hydrogen-bond donors (Lipinski definition) is 0. The van der Waals surface area contributed by atoms with Crippen molar-refractivity contribution in [3.8, 4) is 0 Å². The summed E-state index contributed by atoms with van der Waals surface area (Å²) in [6.07, 6.45) is 34.5. The smallest absolute Gasteiger partial charge is 0.000512 e. The first-order valence-electron chi connectivity index (χ1n) is 24.7. The third-order valence-electron chi connectivity index (χ3n) is 17.3. The van der Waals surface area contributed by atoms with E-state index in [1.807, 2.05) is 0 Å². The van der Waals surface area contributed by atoms with Gasteiger partial charge in [-0.25, -0.2) is 0 Å². The highest BCUT2D eigenvalue weighted by molar-refractivity contribution is 5.77. The van der Waals surface area contributed by atoms with Crippen LogP contribution in [0.5, 0.6) is 0 Å². The summed E-state index contributed by atoms with van der Waals surface area (Å²) in [5, 5.41) is 0. The molecule has 8 aliphatic rings. The van der Waals surface area contributed by atoms with E-state index in [9.17, 15) is 0 Å². The Labute approximate surface area is 382 Å². The molecule has 0 heterocycles. The normalized spacial score (nSPS) is 31.3. The van der Waals surface area contributed by atoms with Crippen LogP contribution in [0.2, 0.25) is 0 Å². The highest BCUT2D eigenvalue weighted by atomic mass is 14.7. The summed E-state index contributed by atoms with van der Waals surface area (Å²) in [5.41, 5.74) is 14.5. The quantitative estimate of drug-likeness (QED) is 0.114. The summed E-state index contributed by atoms with van der Waals surface area (Å²) in [5.74, 6) is 4.98. The molecule has 6 aromatic carbocycles. The summed E-state index contributed by atoms with van der Waals surface area (Å²) in [6.45, 7) is 0. The third-order valence-corrected chi connectivity index (χ3v) is 17.3. The molecule has 8 bridgehead atoms. The Morgan fingerprint density at radius 1 is 0.328 bits per heavy atom. The van der Waals surface area contributed by atoms with Crippen LogP contribution >= 0.6 is 0 Å². The van der Waals surface area contributed by atoms with Gasteiger partial charge in [0.2, 0.25) is 0 Å². The van der Waals surface area contributed by atoms with Gasteiger partial charge in [0.05, 0.1) is 0 Å². The van der Waals surface area contributed by atoms with Crippen molar-refractivity contribution in [3.63, 3.8) is 0 Å². The van der Waals surface area contributed by atoms with Gasteiger partial charge < -0.3 is 0 Å². The molecule has 0 amide bonds. The van der Waals surface area contributed by atoms with Gasteiger partial charge in [0, 0.05) is 0 Å². The Kier molecular flexibility index (Phi) is 10.2. The summed E-state index contributed by atoms with van der Waals surface area (Å²) >= 11 is 0. The van der Waals surface area contributed by atoms with Gasteiger partial charge in [-0.1, -0.05) is 194 Å². The van der Waals surface area contributed by atoms with Crippen LogP contribution in [-0.4, -0.2) is 0 Å². The fourth-order valence-electron chi connectivity index (χ4n) is 15.9. The van der Waals surface area contributed by atoms with Gasteiger partial charge in [-0.05, 0) is 190 Å². The molecule has 0 radical (unpaired) electrons. The molecule has 5 unspecified atom stereocenters. The molecule has 5 atom stereocenters. The van der Waals surface area contributed by atoms with E-state index in [4.69, 9.17) is 0 Å². The van der Waals surface area contributed by atoms with Gasteiger partial charge in [0.15, 0.2) is 0 Å². The number of benzene rings is 6. The Morgan fingerprint density at radius 3 is 1.09 bits per heavy atom. The monoisotopic (exact) mass is 830 g/mol. The van der Waals surface area contributed by atoms with E-state index >= 15 is 0 Å². The highest BCUT2D eigenvalue weighted by Crippen LogP contribution is 2.76. The summed E-state index contributed by atoms with van der Waals surface area (Å²) < 4.78 is 0. The molecule has 64 heavy (non-hydrogen) atoms. The Bertz CT molecular complexity index is 2570. The molecule has 8 saturated carbocycles. The third kappa shape index (κ3) is 7.62. The van der Waals surface area contributed by atoms with E-state index in [-0.39, 0.29) is 10.8 Å². The lowest BCUT2D eigenvalue weighted by Crippen LogP contribution is -2.65. The summed E-state index contributed by atoms with van der Waals surface area (Å²) in [6, 6.07) is 58.9. The van der Waals surface area contributed by atoms with Gasteiger partial charge in [0.1, 0.15) is 0 Å². The Balaban J connectivity index is 0.963. The molecule has 8 fully saturated rings. The zero-order valence-electron chi connectivity index (χ0n) is 37.4. The largest absolute Gasteiger partial charge is 0.0622 e. The molecule has 0 aliphatic heterocycles. The standard InChI is InChI=1S/C64H62/c1-5-13-46(14-6-1)21-25-50-29-51(26-22-47-15-7-2-8-16-47)36-59(35-50)62-39-56-32-57(40-62)42-63(41-56,45-62)61-58-33-54-31-55(34-58)44-64(61,43-54)60-37-52(27-23-48-17-9-3-10-18-48)30-53(38-60)28-24-49-19-11-4-12-20-49/h1-30,35-38,54-58,61H,31-34,39-45H2/b25-21+,26-22+,27-23+,28-24+. The van der Waals surface area contributed by atoms with Crippen molar-refractivity contribution in [1.82, 2.24) is 0 Å². The molecular formula is C64H62. The topological polar surface area (TPSA) is 0 Å². The Morgan fingerprint density at radius 2 is 0.688 bits per heavy atom. The predicted molar refractivity (Wildman–Crippen MR) is 272 cm³/mol. The minimum atomic E-state index is 0.232. The van der Waals surface area contributed by atoms with Gasteiger partial charge in [-0.2, -0.15) is 0 Å². The molecular weight excluding hydrogens is 769 g/mol. The zero-order valence-corrected chi connectivity index (χ0v) is 37.4. The van der Waals surface area contributed by atoms with E-state index in [0.29, 0.717) is 5.41 Å². The molecule has 0 aromatic heterocycles. The van der Waals surface area contributed by atoms with Gasteiger partial charge in [-0.3, -0.25) is 0 Å². The van der Waals surface area contributed by atoms with Crippen LogP contribution in [0.25, 0.3) is 48.6 Å². The predicted octanol–water partition coefficient (Wildman–Crippen LogP) is 16.6. The van der Waals surface area contributed by atoms with Crippen LogP contribution in [0.3, 0.4) is 0 Å². The van der Waals surface area contributed by atoms with Gasteiger partial charge in [0.25, 0.3) is 0 Å². The second-order valence-corrected chi connectivity index (χ2v) is 21.6. The van der Waals surface area contributed by atoms with Crippen LogP contribution in [0.4, 0.5) is 0 Å². The van der Waals surface area contributed by atoms with Crippen molar-refractivity contribution in [2.24, 2.45) is 40.9 Å². The lowest BCUT2D eigenvalue weighted by molar-refractivity contribution is -0.186. The molecule has 0 spiro atoms. The lowest BCUT2D eigenvalue weighted by Gasteiger charge is -2.72. The molecule has 0 heteroatoms. The van der Waals surface area contributed by atoms with Crippen LogP contribution in [0, 0.1) is 40.9 Å². The first-order chi connectivity index (χ1) is 31.5. The van der Waals surface area contributed by atoms with Crippen molar-refractivity contribution in [2.45, 2.75) is 81.5 Å². The van der Waals surface area contributed by atoms with Crippen molar-refractivity contribution in [1.29, 1.82) is 0 Å². The van der Waals surface area contributed by atoms with E-state index in [0.717, 1.165) is 35.5 Å². The first kappa shape index (κ1) is 39.8. The van der Waals surface area contributed by atoms with Gasteiger partial charge >= 0.3 is 0 Å². The maximum absolute atomic E-state index is 2.67. The average Bonchev–Trinajstić information content (AvgIpc) is 3.32. The van der Waals surface area contributed by atoms with E-state index in [1.54, 1.807) is 11.1 Å². The summed E-state index contributed by atoms with van der Waals surface area (Å²) in [7, 11) is 0. The molecule has 0 nitrogen and oxygen atoms in total. The van der Waals surface area contributed by atoms with Crippen LogP contribution in [-0.2, 0) is 10.8 Å². The minimum absolute atomic E-state index is 0.232. The fraction of sp³-hybridized carbons (Fsp3) is 0.312. The molecule has 8 aliphatic carbocycles. The van der Waals surface area contributed by atoms with Crippen LogP contribution < -0.4 is 0 Å². The van der Waals surface area contributed by atoms with Crippen LogP contribution in [0.1, 0.15) is 126 Å². The number of rotatable bonds is 11. The molecule has 6 aromatic rings. The number of hydrogen-bond acceptors (Lipinski definition) is 0. The van der Waals surface area contributed by atoms with E-state index in [2.05, 4.69) is 206 Å². The zero-order chi connectivity index (χ0) is 42.6. The molecule has 318 valence electrons. The average molecular weight is 831 g/mol. The molecule has 14 rings (SSSR count). The van der Waals surface area contributed by atoms with E-state index < -0.39 is 0 Å². The van der Waals surface area contributed by atoms with Crippen molar-refractivity contribution >= 4 is 48.6 Å². The maximum Gasteiger partial charge on any atom is -0.000512 e. The SMILES string of the molecule is C(=C\c1cc(/C=C/c2ccccc2)cc(C23CC4CC(C2)CC(C2C5CC6CC(C5)CC2(c2cc(/C=C/c5ccccc5)cc(/C=C/c5ccccc5)c2)C6)(C4)C3)c1)/c1ccccc1. The second-order valence-electron chi connectivity index (χ2n) is 21.6.